The number of likely N-dealkylation sites (tertiary alicyclic amines) is 1. The zero-order valence-corrected chi connectivity index (χ0v) is 21.2. The van der Waals surface area contributed by atoms with Gasteiger partial charge in [-0.2, -0.15) is 5.10 Å². The molecule has 2 amide bonds. The molecule has 1 aliphatic rings. The van der Waals surface area contributed by atoms with Crippen molar-refractivity contribution in [1.29, 1.82) is 0 Å². The minimum atomic E-state index is -0.102. The van der Waals surface area contributed by atoms with Gasteiger partial charge in [-0.25, -0.2) is 9.67 Å². The summed E-state index contributed by atoms with van der Waals surface area (Å²) in [7, 11) is 0. The summed E-state index contributed by atoms with van der Waals surface area (Å²) in [6, 6.07) is 10.2. The first kappa shape index (κ1) is 24.9. The maximum absolute atomic E-state index is 13.5. The standard InChI is InChI=1S/C27H36N6O2/c1-5-12-28-25(34)17-32-13-10-20(11-14-32)30-27(35)22-15-24(21-9-7-6-8-19(21)4)31-26-23(22)16-29-33(26)18(2)3/h6-9,15-16,18,20H,5,10-14,17H2,1-4H3,(H,28,34)(H,30,35). The number of piperidine rings is 1. The number of aryl methyl sites for hydroxylation is 1. The molecule has 0 radical (unpaired) electrons. The quantitative estimate of drug-likeness (QED) is 0.517. The van der Waals surface area contributed by atoms with Crippen LogP contribution in [-0.4, -0.2) is 63.7 Å². The molecule has 2 aromatic heterocycles. The summed E-state index contributed by atoms with van der Waals surface area (Å²) in [6.07, 6.45) is 4.31. The monoisotopic (exact) mass is 476 g/mol. The van der Waals surface area contributed by atoms with Gasteiger partial charge in [-0.3, -0.25) is 14.5 Å². The number of benzene rings is 1. The second-order valence-electron chi connectivity index (χ2n) is 9.66. The van der Waals surface area contributed by atoms with Crippen molar-refractivity contribution in [1.82, 2.24) is 30.3 Å². The van der Waals surface area contributed by atoms with Gasteiger partial charge in [-0.15, -0.1) is 0 Å². The average Bonchev–Trinajstić information content (AvgIpc) is 3.28. The smallest absolute Gasteiger partial charge is 0.252 e. The summed E-state index contributed by atoms with van der Waals surface area (Å²) in [6.45, 7) is 10.9. The topological polar surface area (TPSA) is 92.2 Å². The molecule has 0 atom stereocenters. The van der Waals surface area contributed by atoms with Gasteiger partial charge in [0.2, 0.25) is 5.91 Å². The fourth-order valence-corrected chi connectivity index (χ4v) is 4.60. The summed E-state index contributed by atoms with van der Waals surface area (Å²) in [5, 5.41) is 11.5. The van der Waals surface area contributed by atoms with E-state index in [1.165, 1.54) is 0 Å². The van der Waals surface area contributed by atoms with E-state index in [1.807, 2.05) is 35.9 Å². The number of amides is 2. The Morgan fingerprint density at radius 2 is 1.91 bits per heavy atom. The van der Waals surface area contributed by atoms with Crippen molar-refractivity contribution in [2.75, 3.05) is 26.2 Å². The molecule has 35 heavy (non-hydrogen) atoms. The molecular weight excluding hydrogens is 440 g/mol. The summed E-state index contributed by atoms with van der Waals surface area (Å²) in [4.78, 5) is 32.6. The Morgan fingerprint density at radius 3 is 2.60 bits per heavy atom. The minimum absolute atomic E-state index is 0.0689. The van der Waals surface area contributed by atoms with Gasteiger partial charge in [0.1, 0.15) is 0 Å². The fraction of sp³-hybridized carbons (Fsp3) is 0.481. The first-order valence-electron chi connectivity index (χ1n) is 12.6. The summed E-state index contributed by atoms with van der Waals surface area (Å²) < 4.78 is 1.87. The molecule has 0 aliphatic carbocycles. The van der Waals surface area contributed by atoms with Crippen LogP contribution in [0.15, 0.2) is 36.5 Å². The number of aromatic nitrogens is 3. The zero-order valence-electron chi connectivity index (χ0n) is 21.2. The van der Waals surface area contributed by atoms with Crippen molar-refractivity contribution < 1.29 is 9.59 Å². The third kappa shape index (κ3) is 5.70. The van der Waals surface area contributed by atoms with Crippen LogP contribution in [0, 0.1) is 6.92 Å². The van der Waals surface area contributed by atoms with Gasteiger partial charge in [-0.1, -0.05) is 31.2 Å². The normalized spacial score (nSPS) is 15.0. The van der Waals surface area contributed by atoms with Crippen molar-refractivity contribution in [2.45, 2.75) is 59.0 Å². The van der Waals surface area contributed by atoms with Crippen LogP contribution in [-0.2, 0) is 4.79 Å². The number of fused-ring (bicyclic) bond motifs is 1. The number of carbonyl (C=O) groups is 2. The van der Waals surface area contributed by atoms with E-state index >= 15 is 0 Å². The van der Waals surface area contributed by atoms with Crippen LogP contribution in [0.5, 0.6) is 0 Å². The maximum atomic E-state index is 13.5. The molecule has 1 aromatic carbocycles. The molecule has 8 heteroatoms. The summed E-state index contributed by atoms with van der Waals surface area (Å²) >= 11 is 0. The molecule has 2 N–H and O–H groups in total. The number of pyridine rings is 1. The number of hydrogen-bond donors (Lipinski definition) is 2. The molecule has 0 bridgehead atoms. The lowest BCUT2D eigenvalue weighted by molar-refractivity contribution is -0.122. The zero-order chi connectivity index (χ0) is 24.9. The third-order valence-corrected chi connectivity index (χ3v) is 6.58. The second kappa shape index (κ2) is 11.0. The van der Waals surface area contributed by atoms with E-state index in [1.54, 1.807) is 6.20 Å². The second-order valence-corrected chi connectivity index (χ2v) is 9.66. The Balaban J connectivity index is 1.53. The van der Waals surface area contributed by atoms with E-state index in [0.717, 1.165) is 60.2 Å². The van der Waals surface area contributed by atoms with Crippen LogP contribution in [0.4, 0.5) is 0 Å². The van der Waals surface area contributed by atoms with Crippen molar-refractivity contribution >= 4 is 22.8 Å². The van der Waals surface area contributed by atoms with Gasteiger partial charge in [0.05, 0.1) is 29.4 Å². The highest BCUT2D eigenvalue weighted by molar-refractivity contribution is 6.06. The molecule has 0 saturated carbocycles. The third-order valence-electron chi connectivity index (χ3n) is 6.58. The number of nitrogens with zero attached hydrogens (tertiary/aromatic N) is 4. The predicted octanol–water partition coefficient (Wildman–Crippen LogP) is 3.71. The number of carbonyl (C=O) groups excluding carboxylic acids is 2. The van der Waals surface area contributed by atoms with Gasteiger partial charge < -0.3 is 10.6 Å². The lowest BCUT2D eigenvalue weighted by atomic mass is 10.0. The van der Waals surface area contributed by atoms with Crippen LogP contribution < -0.4 is 10.6 Å². The first-order chi connectivity index (χ1) is 16.9. The van der Waals surface area contributed by atoms with Crippen LogP contribution in [0.3, 0.4) is 0 Å². The lowest BCUT2D eigenvalue weighted by Gasteiger charge is -2.31. The molecule has 0 unspecified atom stereocenters. The minimum Gasteiger partial charge on any atom is -0.355 e. The van der Waals surface area contributed by atoms with Crippen LogP contribution in [0.1, 0.15) is 62.0 Å². The molecule has 4 rings (SSSR count). The molecule has 3 aromatic rings. The number of rotatable bonds is 8. The van der Waals surface area contributed by atoms with Gasteiger partial charge in [0.25, 0.3) is 5.91 Å². The highest BCUT2D eigenvalue weighted by Crippen LogP contribution is 2.28. The van der Waals surface area contributed by atoms with Gasteiger partial charge in [-0.05, 0) is 51.7 Å². The van der Waals surface area contributed by atoms with Gasteiger partial charge in [0.15, 0.2) is 5.65 Å². The van der Waals surface area contributed by atoms with Crippen LogP contribution >= 0.6 is 0 Å². The Kier molecular flexibility index (Phi) is 7.80. The lowest BCUT2D eigenvalue weighted by Crippen LogP contribution is -2.47. The molecule has 0 spiro atoms. The Labute approximate surface area is 207 Å². The first-order valence-corrected chi connectivity index (χ1v) is 12.6. The van der Waals surface area contributed by atoms with E-state index in [2.05, 4.69) is 47.5 Å². The van der Waals surface area contributed by atoms with Crippen LogP contribution in [0.25, 0.3) is 22.3 Å². The van der Waals surface area contributed by atoms with E-state index in [-0.39, 0.29) is 23.9 Å². The summed E-state index contributed by atoms with van der Waals surface area (Å²) in [5.41, 5.74) is 4.21. The van der Waals surface area contributed by atoms with Crippen molar-refractivity contribution in [2.24, 2.45) is 0 Å². The number of hydrogen-bond acceptors (Lipinski definition) is 5. The highest BCUT2D eigenvalue weighted by Gasteiger charge is 2.25. The molecule has 3 heterocycles. The van der Waals surface area contributed by atoms with Crippen molar-refractivity contribution in [3.8, 4) is 11.3 Å². The average molecular weight is 477 g/mol. The molecule has 8 nitrogen and oxygen atoms in total. The van der Waals surface area contributed by atoms with E-state index < -0.39 is 0 Å². The molecule has 1 aliphatic heterocycles. The van der Waals surface area contributed by atoms with E-state index in [0.29, 0.717) is 18.7 Å². The molecule has 1 saturated heterocycles. The molecule has 1 fully saturated rings. The van der Waals surface area contributed by atoms with Crippen LogP contribution in [0.2, 0.25) is 0 Å². The molecule has 186 valence electrons. The largest absolute Gasteiger partial charge is 0.355 e. The van der Waals surface area contributed by atoms with Gasteiger partial charge >= 0.3 is 0 Å². The SMILES string of the molecule is CCCNC(=O)CN1CCC(NC(=O)c2cc(-c3ccccc3C)nc3c2cnn3C(C)C)CC1. The summed E-state index contributed by atoms with van der Waals surface area (Å²) in [5.74, 6) is -0.0332. The van der Waals surface area contributed by atoms with E-state index in [4.69, 9.17) is 4.98 Å². The Morgan fingerprint density at radius 1 is 1.17 bits per heavy atom. The van der Waals surface area contributed by atoms with Crippen molar-refractivity contribution in [3.63, 3.8) is 0 Å². The predicted molar refractivity (Wildman–Crippen MR) is 138 cm³/mol. The number of nitrogens with one attached hydrogen (secondary N) is 2. The molecular formula is C27H36N6O2. The fourth-order valence-electron chi connectivity index (χ4n) is 4.60. The Bertz CT molecular complexity index is 1190. The van der Waals surface area contributed by atoms with Crippen molar-refractivity contribution in [3.05, 3.63) is 47.7 Å². The maximum Gasteiger partial charge on any atom is 0.252 e. The highest BCUT2D eigenvalue weighted by atomic mass is 16.2. The Hall–Kier alpha value is -3.26. The van der Waals surface area contributed by atoms with E-state index in [9.17, 15) is 9.59 Å². The van der Waals surface area contributed by atoms with Gasteiger partial charge in [0, 0.05) is 37.3 Å².